The molecule has 0 bridgehead atoms. The molecule has 0 amide bonds. The van der Waals surface area contributed by atoms with Crippen molar-refractivity contribution in [1.82, 2.24) is 20.2 Å². The first-order valence-electron chi connectivity index (χ1n) is 7.27. The Kier molecular flexibility index (Phi) is 3.84. The van der Waals surface area contributed by atoms with Gasteiger partial charge in [0.05, 0.1) is 18.6 Å². The molecule has 1 aromatic heterocycles. The topological polar surface area (TPSA) is 81.2 Å². The summed E-state index contributed by atoms with van der Waals surface area (Å²) in [5.41, 5.74) is 0.847. The molecule has 0 radical (unpaired) electrons. The number of fused-ring (bicyclic) bond motifs is 1. The van der Waals surface area contributed by atoms with Gasteiger partial charge in [0.2, 0.25) is 0 Å². The summed E-state index contributed by atoms with van der Waals surface area (Å²) in [4.78, 5) is 20.3. The molecule has 2 heterocycles. The van der Waals surface area contributed by atoms with Crippen LogP contribution in [-0.2, 0) is 11.3 Å². The maximum atomic E-state index is 13.7. The number of aliphatic carboxylic acids is 1. The van der Waals surface area contributed by atoms with E-state index < -0.39 is 5.97 Å². The number of imidazole rings is 1. The maximum absolute atomic E-state index is 13.7. The smallest absolute Gasteiger partial charge is 0.317 e. The predicted molar refractivity (Wildman–Crippen MR) is 80.0 cm³/mol. The zero-order valence-corrected chi connectivity index (χ0v) is 12.4. The molecule has 2 aromatic rings. The van der Waals surface area contributed by atoms with Crippen molar-refractivity contribution in [3.63, 3.8) is 0 Å². The monoisotopic (exact) mass is 306 g/mol. The molecule has 0 saturated carbocycles. The van der Waals surface area contributed by atoms with Crippen LogP contribution in [0.5, 0.6) is 0 Å². The van der Waals surface area contributed by atoms with Gasteiger partial charge in [-0.3, -0.25) is 9.69 Å². The largest absolute Gasteiger partial charge is 0.480 e. The fourth-order valence-corrected chi connectivity index (χ4v) is 2.96. The van der Waals surface area contributed by atoms with Crippen LogP contribution in [0, 0.1) is 5.82 Å². The van der Waals surface area contributed by atoms with E-state index in [9.17, 15) is 9.18 Å². The number of halogens is 1. The summed E-state index contributed by atoms with van der Waals surface area (Å²) in [6.07, 6.45) is 0.870. The van der Waals surface area contributed by atoms with E-state index in [4.69, 9.17) is 5.11 Å². The van der Waals surface area contributed by atoms with E-state index in [1.54, 1.807) is 12.1 Å². The second kappa shape index (κ2) is 5.66. The number of likely N-dealkylation sites (tertiary alicyclic amines) is 1. The van der Waals surface area contributed by atoms with Crippen molar-refractivity contribution in [2.24, 2.45) is 0 Å². The molecule has 1 unspecified atom stereocenters. The van der Waals surface area contributed by atoms with Gasteiger partial charge in [0.25, 0.3) is 0 Å². The first-order chi connectivity index (χ1) is 10.5. The molecule has 6 nitrogen and oxygen atoms in total. The minimum atomic E-state index is -0.854. The van der Waals surface area contributed by atoms with E-state index in [-0.39, 0.29) is 17.9 Å². The molecule has 7 heteroatoms. The van der Waals surface area contributed by atoms with Crippen LogP contribution in [0.15, 0.2) is 18.2 Å². The molecule has 1 aliphatic rings. The summed E-state index contributed by atoms with van der Waals surface area (Å²) in [6, 6.07) is 4.86. The van der Waals surface area contributed by atoms with E-state index in [1.165, 1.54) is 6.07 Å². The lowest BCUT2D eigenvalue weighted by Crippen LogP contribution is -2.46. The van der Waals surface area contributed by atoms with Gasteiger partial charge in [-0.2, -0.15) is 0 Å². The molecule has 0 aliphatic carbocycles. The number of carboxylic acids is 1. The third kappa shape index (κ3) is 3.10. The molecule has 3 N–H and O–H groups in total. The molecule has 1 aliphatic heterocycles. The average molecular weight is 306 g/mol. The Morgan fingerprint density at radius 1 is 1.59 bits per heavy atom. The third-order valence-corrected chi connectivity index (χ3v) is 4.10. The molecule has 1 aromatic carbocycles. The normalized spacial score (nSPS) is 22.5. The van der Waals surface area contributed by atoms with E-state index >= 15 is 0 Å². The molecule has 3 rings (SSSR count). The second-order valence-electron chi connectivity index (χ2n) is 6.09. The van der Waals surface area contributed by atoms with E-state index in [2.05, 4.69) is 20.2 Å². The summed E-state index contributed by atoms with van der Waals surface area (Å²) in [7, 11) is 0. The SMILES string of the molecule is CC1(NCC(=O)O)CCN(Cc2nc3c(F)cccc3[nH]2)C1. The number of hydrogen-bond acceptors (Lipinski definition) is 4. The van der Waals surface area contributed by atoms with Crippen molar-refractivity contribution in [2.75, 3.05) is 19.6 Å². The lowest BCUT2D eigenvalue weighted by Gasteiger charge is -2.25. The number of H-pyrrole nitrogens is 1. The lowest BCUT2D eigenvalue weighted by atomic mass is 10.0. The number of aromatic nitrogens is 2. The first-order valence-corrected chi connectivity index (χ1v) is 7.27. The van der Waals surface area contributed by atoms with E-state index in [0.29, 0.717) is 17.6 Å². The minimum absolute atomic E-state index is 0.0415. The van der Waals surface area contributed by atoms with Gasteiger partial charge in [0.1, 0.15) is 11.3 Å². The first kappa shape index (κ1) is 14.9. The highest BCUT2D eigenvalue weighted by Gasteiger charge is 2.33. The zero-order chi connectivity index (χ0) is 15.7. The molecular weight excluding hydrogens is 287 g/mol. The number of carbonyl (C=O) groups is 1. The van der Waals surface area contributed by atoms with Crippen LogP contribution >= 0.6 is 0 Å². The van der Waals surface area contributed by atoms with Crippen molar-refractivity contribution < 1.29 is 14.3 Å². The number of para-hydroxylation sites is 1. The maximum Gasteiger partial charge on any atom is 0.317 e. The highest BCUT2D eigenvalue weighted by Crippen LogP contribution is 2.23. The van der Waals surface area contributed by atoms with Crippen LogP contribution in [-0.4, -0.2) is 51.1 Å². The van der Waals surface area contributed by atoms with Gasteiger partial charge >= 0.3 is 5.97 Å². The van der Waals surface area contributed by atoms with Crippen LogP contribution in [0.2, 0.25) is 0 Å². The molecule has 1 saturated heterocycles. The van der Waals surface area contributed by atoms with Crippen LogP contribution < -0.4 is 5.32 Å². The van der Waals surface area contributed by atoms with Gasteiger partial charge in [-0.05, 0) is 25.5 Å². The minimum Gasteiger partial charge on any atom is -0.480 e. The van der Waals surface area contributed by atoms with Gasteiger partial charge in [-0.25, -0.2) is 9.37 Å². The predicted octanol–water partition coefficient (Wildman–Crippen LogP) is 1.34. The quantitative estimate of drug-likeness (QED) is 0.777. The number of nitrogens with zero attached hydrogens (tertiary/aromatic N) is 2. The Balaban J connectivity index is 1.66. The van der Waals surface area contributed by atoms with Crippen LogP contribution in [0.3, 0.4) is 0 Å². The highest BCUT2D eigenvalue weighted by atomic mass is 19.1. The lowest BCUT2D eigenvalue weighted by molar-refractivity contribution is -0.136. The fraction of sp³-hybridized carbons (Fsp3) is 0.467. The zero-order valence-electron chi connectivity index (χ0n) is 12.4. The van der Waals surface area contributed by atoms with Crippen LogP contribution in [0.1, 0.15) is 19.2 Å². The van der Waals surface area contributed by atoms with E-state index in [0.717, 1.165) is 25.3 Å². The Bertz CT molecular complexity index is 702. The number of aromatic amines is 1. The Hall–Kier alpha value is -1.99. The van der Waals surface area contributed by atoms with Gasteiger partial charge < -0.3 is 15.4 Å². The van der Waals surface area contributed by atoms with Gasteiger partial charge in [0.15, 0.2) is 5.82 Å². The molecule has 118 valence electrons. The van der Waals surface area contributed by atoms with Crippen LogP contribution in [0.4, 0.5) is 4.39 Å². The number of hydrogen-bond donors (Lipinski definition) is 3. The third-order valence-electron chi connectivity index (χ3n) is 4.10. The Morgan fingerprint density at radius 2 is 2.41 bits per heavy atom. The number of nitrogens with one attached hydrogen (secondary N) is 2. The molecule has 1 atom stereocenters. The summed E-state index contributed by atoms with van der Waals surface area (Å²) in [5.74, 6) is -0.454. The summed E-state index contributed by atoms with van der Waals surface area (Å²) < 4.78 is 13.7. The van der Waals surface area contributed by atoms with Crippen molar-refractivity contribution in [1.29, 1.82) is 0 Å². The number of benzene rings is 1. The average Bonchev–Trinajstić information content (AvgIpc) is 3.02. The molecule has 22 heavy (non-hydrogen) atoms. The second-order valence-corrected chi connectivity index (χ2v) is 6.09. The van der Waals surface area contributed by atoms with E-state index in [1.807, 2.05) is 6.92 Å². The number of rotatable bonds is 5. The Labute approximate surface area is 127 Å². The summed E-state index contributed by atoms with van der Waals surface area (Å²) in [5, 5.41) is 11.8. The summed E-state index contributed by atoms with van der Waals surface area (Å²) in [6.45, 7) is 4.16. The van der Waals surface area contributed by atoms with Gasteiger partial charge in [0, 0.05) is 18.6 Å². The van der Waals surface area contributed by atoms with Crippen molar-refractivity contribution in [2.45, 2.75) is 25.4 Å². The van der Waals surface area contributed by atoms with Crippen molar-refractivity contribution in [3.05, 3.63) is 29.8 Å². The fourth-order valence-electron chi connectivity index (χ4n) is 2.96. The van der Waals surface area contributed by atoms with Crippen molar-refractivity contribution in [3.8, 4) is 0 Å². The highest BCUT2D eigenvalue weighted by molar-refractivity contribution is 5.75. The molecular formula is C15H19FN4O2. The van der Waals surface area contributed by atoms with Gasteiger partial charge in [-0.15, -0.1) is 0 Å². The summed E-state index contributed by atoms with van der Waals surface area (Å²) >= 11 is 0. The van der Waals surface area contributed by atoms with Crippen molar-refractivity contribution >= 4 is 17.0 Å². The molecule has 1 fully saturated rings. The van der Waals surface area contributed by atoms with Crippen LogP contribution in [0.25, 0.3) is 11.0 Å². The molecule has 0 spiro atoms. The standard InChI is InChI=1S/C15H19FN4O2/c1-15(17-7-13(21)22)5-6-20(9-15)8-12-18-11-4-2-3-10(16)14(11)19-12/h2-4,17H,5-9H2,1H3,(H,18,19)(H,21,22). The Morgan fingerprint density at radius 3 is 3.14 bits per heavy atom. The number of carboxylic acid groups (broad SMARTS) is 1. The van der Waals surface area contributed by atoms with Gasteiger partial charge in [-0.1, -0.05) is 6.07 Å².